The third-order valence-electron chi connectivity index (χ3n) is 5.62. The molecule has 0 radical (unpaired) electrons. The Kier molecular flexibility index (Phi) is 6.00. The van der Waals surface area contributed by atoms with Gasteiger partial charge in [-0.15, -0.1) is 0 Å². The SMILES string of the molecule is COc1cccc(OC)c1S(=O)(=O)N1CCC(N2C(=O)OCc3cc(Cl)ccc32)CC1. The molecular weight excluding hydrogens is 444 g/mol. The van der Waals surface area contributed by atoms with Gasteiger partial charge >= 0.3 is 6.09 Å². The number of rotatable bonds is 5. The molecule has 31 heavy (non-hydrogen) atoms. The number of piperidine rings is 1. The Hall–Kier alpha value is -2.49. The molecule has 0 aromatic heterocycles. The monoisotopic (exact) mass is 466 g/mol. The molecular formula is C21H23ClN2O6S. The highest BCUT2D eigenvalue weighted by atomic mass is 35.5. The van der Waals surface area contributed by atoms with E-state index in [9.17, 15) is 13.2 Å². The van der Waals surface area contributed by atoms with Crippen LogP contribution < -0.4 is 14.4 Å². The molecule has 0 saturated carbocycles. The Morgan fingerprint density at radius 2 is 1.71 bits per heavy atom. The summed E-state index contributed by atoms with van der Waals surface area (Å²) >= 11 is 6.07. The average Bonchev–Trinajstić information content (AvgIpc) is 2.78. The quantitative estimate of drug-likeness (QED) is 0.668. The Morgan fingerprint density at radius 3 is 2.32 bits per heavy atom. The molecule has 2 aliphatic rings. The van der Waals surface area contributed by atoms with Crippen LogP contribution >= 0.6 is 11.6 Å². The minimum atomic E-state index is -3.85. The lowest BCUT2D eigenvalue weighted by Gasteiger charge is -2.39. The van der Waals surface area contributed by atoms with Crippen molar-refractivity contribution in [1.82, 2.24) is 4.31 Å². The van der Waals surface area contributed by atoms with Gasteiger partial charge in [0.2, 0.25) is 10.0 Å². The number of halogens is 1. The standard InChI is InChI=1S/C21H23ClN2O6S/c1-28-18-4-3-5-19(29-2)20(18)31(26,27)23-10-8-16(9-11-23)24-17-7-6-15(22)12-14(17)13-30-21(24)25/h3-7,12,16H,8-11,13H2,1-2H3. The number of methoxy groups -OCH3 is 2. The molecule has 0 N–H and O–H groups in total. The zero-order chi connectivity index (χ0) is 22.2. The van der Waals surface area contributed by atoms with Gasteiger partial charge < -0.3 is 14.2 Å². The maximum Gasteiger partial charge on any atom is 0.414 e. The van der Waals surface area contributed by atoms with E-state index in [0.29, 0.717) is 17.9 Å². The molecule has 0 unspecified atom stereocenters. The number of carbonyl (C=O) groups is 1. The van der Waals surface area contributed by atoms with E-state index in [0.717, 1.165) is 11.3 Å². The van der Waals surface area contributed by atoms with Crippen molar-refractivity contribution in [3.63, 3.8) is 0 Å². The number of hydrogen-bond donors (Lipinski definition) is 0. The Labute approximate surface area is 186 Å². The highest BCUT2D eigenvalue weighted by Gasteiger charge is 2.38. The minimum absolute atomic E-state index is 0.0100. The highest BCUT2D eigenvalue weighted by molar-refractivity contribution is 7.89. The summed E-state index contributed by atoms with van der Waals surface area (Å²) in [6.07, 6.45) is 0.504. The van der Waals surface area contributed by atoms with Crippen molar-refractivity contribution in [2.75, 3.05) is 32.2 Å². The molecule has 4 rings (SSSR count). The molecule has 1 amide bonds. The molecule has 0 spiro atoms. The van der Waals surface area contributed by atoms with Crippen molar-refractivity contribution < 1.29 is 27.4 Å². The van der Waals surface area contributed by atoms with E-state index in [1.807, 2.05) is 0 Å². The molecule has 2 aliphatic heterocycles. The lowest BCUT2D eigenvalue weighted by Crippen LogP contribution is -2.50. The zero-order valence-electron chi connectivity index (χ0n) is 17.2. The summed E-state index contributed by atoms with van der Waals surface area (Å²) in [5, 5.41) is 0.573. The molecule has 1 saturated heterocycles. The van der Waals surface area contributed by atoms with Crippen molar-refractivity contribution in [2.24, 2.45) is 0 Å². The van der Waals surface area contributed by atoms with Crippen LogP contribution in [0.4, 0.5) is 10.5 Å². The van der Waals surface area contributed by atoms with E-state index in [4.69, 9.17) is 25.8 Å². The molecule has 2 heterocycles. The maximum atomic E-state index is 13.4. The van der Waals surface area contributed by atoms with Gasteiger partial charge in [-0.3, -0.25) is 4.90 Å². The first-order chi connectivity index (χ1) is 14.9. The molecule has 10 heteroatoms. The largest absolute Gasteiger partial charge is 0.495 e. The van der Waals surface area contributed by atoms with E-state index in [1.54, 1.807) is 41.3 Å². The number of anilines is 1. The first kappa shape index (κ1) is 21.7. The van der Waals surface area contributed by atoms with E-state index in [1.165, 1.54) is 18.5 Å². The van der Waals surface area contributed by atoms with E-state index >= 15 is 0 Å². The van der Waals surface area contributed by atoms with Crippen LogP contribution in [-0.4, -0.2) is 52.2 Å². The summed E-state index contributed by atoms with van der Waals surface area (Å²) in [5.41, 5.74) is 1.59. The topological polar surface area (TPSA) is 85.4 Å². The number of ether oxygens (including phenoxy) is 3. The van der Waals surface area contributed by atoms with Crippen LogP contribution in [0.3, 0.4) is 0 Å². The van der Waals surface area contributed by atoms with Crippen LogP contribution in [0.25, 0.3) is 0 Å². The highest BCUT2D eigenvalue weighted by Crippen LogP contribution is 2.38. The molecule has 166 valence electrons. The summed E-state index contributed by atoms with van der Waals surface area (Å²) in [4.78, 5) is 14.1. The van der Waals surface area contributed by atoms with Crippen LogP contribution in [0.15, 0.2) is 41.3 Å². The second kappa shape index (κ2) is 8.57. The Balaban J connectivity index is 1.57. The van der Waals surface area contributed by atoms with Gasteiger partial charge in [-0.2, -0.15) is 4.31 Å². The summed E-state index contributed by atoms with van der Waals surface area (Å²) in [6.45, 7) is 0.674. The number of amides is 1. The summed E-state index contributed by atoms with van der Waals surface area (Å²) < 4.78 is 44.0. The fourth-order valence-electron chi connectivity index (χ4n) is 4.10. The number of benzene rings is 2. The number of fused-ring (bicyclic) bond motifs is 1. The minimum Gasteiger partial charge on any atom is -0.495 e. The summed E-state index contributed by atoms with van der Waals surface area (Å²) in [7, 11) is -1.01. The van der Waals surface area contributed by atoms with Gasteiger partial charge in [0.15, 0.2) is 4.90 Å². The molecule has 2 aromatic carbocycles. The third kappa shape index (κ3) is 3.93. The van der Waals surface area contributed by atoms with Gasteiger partial charge in [0, 0.05) is 29.7 Å². The van der Waals surface area contributed by atoms with E-state index < -0.39 is 16.1 Å². The van der Waals surface area contributed by atoms with Crippen molar-refractivity contribution in [3.8, 4) is 11.5 Å². The van der Waals surface area contributed by atoms with Gasteiger partial charge in [-0.1, -0.05) is 17.7 Å². The van der Waals surface area contributed by atoms with Crippen LogP contribution in [0.1, 0.15) is 18.4 Å². The van der Waals surface area contributed by atoms with Crippen LogP contribution in [0, 0.1) is 0 Å². The second-order valence-electron chi connectivity index (χ2n) is 7.32. The molecule has 2 aromatic rings. The normalized spacial score (nSPS) is 17.8. The first-order valence-corrected chi connectivity index (χ1v) is 11.6. The molecule has 0 atom stereocenters. The van der Waals surface area contributed by atoms with Crippen molar-refractivity contribution in [3.05, 3.63) is 47.0 Å². The van der Waals surface area contributed by atoms with Gasteiger partial charge in [-0.25, -0.2) is 13.2 Å². The van der Waals surface area contributed by atoms with Crippen LogP contribution in [0.5, 0.6) is 11.5 Å². The smallest absolute Gasteiger partial charge is 0.414 e. The maximum absolute atomic E-state index is 13.4. The Bertz CT molecular complexity index is 1080. The number of cyclic esters (lactones) is 1. The predicted molar refractivity (Wildman–Crippen MR) is 115 cm³/mol. The van der Waals surface area contributed by atoms with Gasteiger partial charge in [0.25, 0.3) is 0 Å². The summed E-state index contributed by atoms with van der Waals surface area (Å²) in [5.74, 6) is 0.457. The zero-order valence-corrected chi connectivity index (χ0v) is 18.8. The predicted octanol–water partition coefficient (Wildman–Crippen LogP) is 3.67. The van der Waals surface area contributed by atoms with Crippen molar-refractivity contribution in [2.45, 2.75) is 30.4 Å². The second-order valence-corrected chi connectivity index (χ2v) is 9.64. The summed E-state index contributed by atoms with van der Waals surface area (Å²) in [6, 6.07) is 10.00. The molecule has 0 aliphatic carbocycles. The fourth-order valence-corrected chi connectivity index (χ4v) is 6.05. The molecule has 8 nitrogen and oxygen atoms in total. The first-order valence-electron chi connectivity index (χ1n) is 9.82. The van der Waals surface area contributed by atoms with Crippen molar-refractivity contribution in [1.29, 1.82) is 0 Å². The third-order valence-corrected chi connectivity index (χ3v) is 7.82. The van der Waals surface area contributed by atoms with E-state index in [2.05, 4.69) is 0 Å². The number of nitrogens with zero attached hydrogens (tertiary/aromatic N) is 2. The van der Waals surface area contributed by atoms with Crippen LogP contribution in [-0.2, 0) is 21.4 Å². The van der Waals surface area contributed by atoms with Crippen LogP contribution in [0.2, 0.25) is 5.02 Å². The molecule has 1 fully saturated rings. The fraction of sp³-hybridized carbons (Fsp3) is 0.381. The lowest BCUT2D eigenvalue weighted by atomic mass is 10.0. The number of carbonyl (C=O) groups excluding carboxylic acids is 1. The van der Waals surface area contributed by atoms with Gasteiger partial charge in [0.1, 0.15) is 18.1 Å². The lowest BCUT2D eigenvalue weighted by molar-refractivity contribution is 0.136. The number of sulfonamides is 1. The Morgan fingerprint density at radius 1 is 1.06 bits per heavy atom. The van der Waals surface area contributed by atoms with Gasteiger partial charge in [0.05, 0.1) is 19.9 Å². The van der Waals surface area contributed by atoms with Crippen molar-refractivity contribution >= 4 is 33.4 Å². The number of hydrogen-bond acceptors (Lipinski definition) is 6. The van der Waals surface area contributed by atoms with Gasteiger partial charge in [-0.05, 0) is 43.2 Å². The van der Waals surface area contributed by atoms with E-state index in [-0.39, 0.29) is 42.1 Å². The average molecular weight is 467 g/mol. The molecule has 0 bridgehead atoms.